The van der Waals surface area contributed by atoms with Gasteiger partial charge in [-0.2, -0.15) is 0 Å². The van der Waals surface area contributed by atoms with Crippen LogP contribution in [0.25, 0.3) is 0 Å². The van der Waals surface area contributed by atoms with Crippen molar-refractivity contribution in [1.82, 2.24) is 9.13 Å². The zero-order valence-electron chi connectivity index (χ0n) is 26.7. The molecular formula is C28H50N2O9Si2. The second kappa shape index (κ2) is 12.2. The highest BCUT2D eigenvalue weighted by molar-refractivity contribution is 6.84. The number of fused-ring (bicyclic) bond motifs is 1. The maximum absolute atomic E-state index is 13.3. The van der Waals surface area contributed by atoms with Crippen LogP contribution in [0.4, 0.5) is 0 Å². The van der Waals surface area contributed by atoms with Crippen molar-refractivity contribution < 1.29 is 32.3 Å². The Morgan fingerprint density at radius 1 is 1.02 bits per heavy atom. The fraction of sp³-hybridized carbons (Fsp3) is 0.821. The topological polar surface area (TPSA) is 127 Å². The van der Waals surface area contributed by atoms with Gasteiger partial charge in [-0.15, -0.1) is 0 Å². The van der Waals surface area contributed by atoms with Crippen LogP contribution < -0.4 is 11.2 Å². The Labute approximate surface area is 245 Å². The van der Waals surface area contributed by atoms with Gasteiger partial charge in [0, 0.05) is 13.2 Å². The second-order valence-corrected chi connectivity index (χ2v) is 22.5. The summed E-state index contributed by atoms with van der Waals surface area (Å²) in [6.07, 6.45) is -2.46. The van der Waals surface area contributed by atoms with E-state index in [9.17, 15) is 19.5 Å². The Morgan fingerprint density at radius 2 is 1.56 bits per heavy atom. The van der Waals surface area contributed by atoms with E-state index < -0.39 is 64.2 Å². The molecular weight excluding hydrogens is 564 g/mol. The van der Waals surface area contributed by atoms with Crippen LogP contribution in [0.1, 0.15) is 87.8 Å². The van der Waals surface area contributed by atoms with Gasteiger partial charge in [0.2, 0.25) is 0 Å². The molecule has 0 bridgehead atoms. The maximum Gasteiger partial charge on any atom is 0.335 e. The summed E-state index contributed by atoms with van der Waals surface area (Å²) in [6, 6.07) is 0. The van der Waals surface area contributed by atoms with Crippen LogP contribution in [0.15, 0.2) is 15.8 Å². The van der Waals surface area contributed by atoms with Crippen molar-refractivity contribution >= 4 is 23.1 Å². The molecule has 0 amide bonds. The van der Waals surface area contributed by atoms with Gasteiger partial charge in [-0.3, -0.25) is 18.7 Å². The molecule has 0 aliphatic carbocycles. The zero-order chi connectivity index (χ0) is 31.2. The summed E-state index contributed by atoms with van der Waals surface area (Å²) >= 11 is 0. The lowest BCUT2D eigenvalue weighted by molar-refractivity contribution is -0.157. The summed E-state index contributed by atoms with van der Waals surface area (Å²) in [5.41, 5.74) is -1.57. The average Bonchev–Trinajstić information content (AvgIpc) is 3.14. The van der Waals surface area contributed by atoms with Gasteiger partial charge in [0.1, 0.15) is 24.4 Å². The minimum atomic E-state index is -3.03. The SMILES string of the molecule is CC(C)[Si]1(C(C)C)OC[C@H]2O[C@@H](c3cn(COC(=O)C(C)(C)C)c(=O)n(C)c3=O)[C@H](O)[C@@H]2O[Si](C(C)C)(C(C)C)O1. The van der Waals surface area contributed by atoms with Crippen LogP contribution in [0.3, 0.4) is 0 Å². The zero-order valence-corrected chi connectivity index (χ0v) is 28.7. The summed E-state index contributed by atoms with van der Waals surface area (Å²) in [4.78, 5) is 38.5. The van der Waals surface area contributed by atoms with E-state index in [-0.39, 0.29) is 41.1 Å². The molecule has 11 nitrogen and oxygen atoms in total. The van der Waals surface area contributed by atoms with Gasteiger partial charge in [-0.25, -0.2) is 4.79 Å². The number of carbonyl (C=O) groups excluding carboxylic acids is 1. The first-order chi connectivity index (χ1) is 18.8. The summed E-state index contributed by atoms with van der Waals surface area (Å²) in [5, 5.41) is 11.7. The van der Waals surface area contributed by atoms with Gasteiger partial charge in [-0.1, -0.05) is 55.4 Å². The Balaban J connectivity index is 2.07. The van der Waals surface area contributed by atoms with Crippen LogP contribution in [-0.2, 0) is 41.0 Å². The summed E-state index contributed by atoms with van der Waals surface area (Å²) in [5.74, 6) is -0.493. The molecule has 1 aromatic rings. The largest absolute Gasteiger partial charge is 0.443 e. The van der Waals surface area contributed by atoms with E-state index in [1.54, 1.807) is 20.8 Å². The highest BCUT2D eigenvalue weighted by atomic mass is 28.5. The van der Waals surface area contributed by atoms with Gasteiger partial charge in [0.25, 0.3) is 5.56 Å². The fourth-order valence-corrected chi connectivity index (χ4v) is 17.0. The van der Waals surface area contributed by atoms with Gasteiger partial charge in [0.15, 0.2) is 6.73 Å². The number of carbonyl (C=O) groups is 1. The van der Waals surface area contributed by atoms with Crippen LogP contribution in [0, 0.1) is 5.41 Å². The molecule has 1 aromatic heterocycles. The van der Waals surface area contributed by atoms with Crippen molar-refractivity contribution in [3.05, 3.63) is 32.6 Å². The molecule has 0 radical (unpaired) electrons. The highest BCUT2D eigenvalue weighted by Gasteiger charge is 2.61. The predicted molar refractivity (Wildman–Crippen MR) is 159 cm³/mol. The third-order valence-corrected chi connectivity index (χ3v) is 18.5. The lowest BCUT2D eigenvalue weighted by Crippen LogP contribution is -2.65. The second-order valence-electron chi connectivity index (χ2n) is 13.7. The van der Waals surface area contributed by atoms with Crippen LogP contribution in [-0.4, -0.2) is 62.3 Å². The molecule has 2 fully saturated rings. The first-order valence-corrected chi connectivity index (χ1v) is 18.6. The monoisotopic (exact) mass is 614 g/mol. The van der Waals surface area contributed by atoms with Crippen molar-refractivity contribution in [2.75, 3.05) is 6.61 Å². The van der Waals surface area contributed by atoms with E-state index in [1.165, 1.54) is 13.2 Å². The minimum absolute atomic E-state index is 0.0488. The molecule has 2 aliphatic rings. The molecule has 0 saturated carbocycles. The van der Waals surface area contributed by atoms with E-state index in [4.69, 9.17) is 22.4 Å². The van der Waals surface area contributed by atoms with Crippen molar-refractivity contribution in [3.8, 4) is 0 Å². The summed E-state index contributed by atoms with van der Waals surface area (Å²) in [6.45, 7) is 21.7. The van der Waals surface area contributed by atoms with Gasteiger partial charge in [0.05, 0.1) is 17.6 Å². The standard InChI is InChI=1S/C28H50N2O9Si2/c1-16(2)40(17(3)4)36-14-21-24(38-41(39-40,18(5)6)19(7)8)22(31)23(37-21)20-13-30(27(34)29(12)25(20)32)15-35-26(33)28(9,10)11/h13,16-19,21-24,31H,14-15H2,1-12H3/t21-,22+,23+,24-/m1/s1. The first kappa shape index (κ1) is 33.9. The van der Waals surface area contributed by atoms with Gasteiger partial charge < -0.3 is 27.5 Å². The Bertz CT molecular complexity index is 1200. The van der Waals surface area contributed by atoms with Crippen LogP contribution in [0.2, 0.25) is 22.2 Å². The number of hydrogen-bond donors (Lipinski definition) is 1. The molecule has 0 aromatic carbocycles. The number of hydrogen-bond acceptors (Lipinski definition) is 9. The molecule has 2 aliphatic heterocycles. The molecule has 1 N–H and O–H groups in total. The van der Waals surface area contributed by atoms with E-state index in [0.29, 0.717) is 0 Å². The Kier molecular flexibility index (Phi) is 10.1. The van der Waals surface area contributed by atoms with E-state index in [2.05, 4.69) is 55.4 Å². The first-order valence-electron chi connectivity index (χ1n) is 14.6. The fourth-order valence-electron chi connectivity index (χ4n) is 5.80. The minimum Gasteiger partial charge on any atom is -0.443 e. The molecule has 4 atom stereocenters. The number of aliphatic hydroxyl groups is 1. The summed E-state index contributed by atoms with van der Waals surface area (Å²) in [7, 11) is -4.51. The molecule has 13 heteroatoms. The summed E-state index contributed by atoms with van der Waals surface area (Å²) < 4.78 is 34.6. The Morgan fingerprint density at radius 3 is 2.05 bits per heavy atom. The number of rotatable bonds is 7. The van der Waals surface area contributed by atoms with Gasteiger partial charge >= 0.3 is 28.8 Å². The van der Waals surface area contributed by atoms with Crippen molar-refractivity contribution in [1.29, 1.82) is 0 Å². The lowest BCUT2D eigenvalue weighted by atomic mass is 9.98. The van der Waals surface area contributed by atoms with Crippen molar-refractivity contribution in [3.63, 3.8) is 0 Å². The molecule has 41 heavy (non-hydrogen) atoms. The Hall–Kier alpha value is -1.62. The predicted octanol–water partition coefficient (Wildman–Crippen LogP) is 3.85. The third kappa shape index (κ3) is 6.22. The third-order valence-electron chi connectivity index (χ3n) is 8.30. The lowest BCUT2D eigenvalue weighted by Gasteiger charge is -2.51. The number of ether oxygens (including phenoxy) is 2. The smallest absolute Gasteiger partial charge is 0.335 e. The van der Waals surface area contributed by atoms with E-state index in [1.807, 2.05) is 0 Å². The molecule has 0 unspecified atom stereocenters. The van der Waals surface area contributed by atoms with Crippen molar-refractivity contribution in [2.24, 2.45) is 12.5 Å². The molecule has 2 saturated heterocycles. The van der Waals surface area contributed by atoms with E-state index in [0.717, 1.165) is 9.13 Å². The van der Waals surface area contributed by atoms with Crippen LogP contribution >= 0.6 is 0 Å². The number of nitrogens with zero attached hydrogens (tertiary/aromatic N) is 2. The molecule has 3 rings (SSSR count). The number of aromatic nitrogens is 2. The molecule has 3 heterocycles. The number of esters is 1. The van der Waals surface area contributed by atoms with Crippen LogP contribution in [0.5, 0.6) is 0 Å². The number of aliphatic hydroxyl groups excluding tert-OH is 1. The van der Waals surface area contributed by atoms with Gasteiger partial charge in [-0.05, 0) is 42.9 Å². The molecule has 234 valence electrons. The normalized spacial score (nSPS) is 26.4. The average molecular weight is 615 g/mol. The molecule has 0 spiro atoms. The highest BCUT2D eigenvalue weighted by Crippen LogP contribution is 2.48. The van der Waals surface area contributed by atoms with Crippen molar-refractivity contribution in [2.45, 2.75) is 129 Å². The van der Waals surface area contributed by atoms with E-state index >= 15 is 0 Å². The maximum atomic E-state index is 13.3. The quantitative estimate of drug-likeness (QED) is 0.360.